The summed E-state index contributed by atoms with van der Waals surface area (Å²) in [5.74, 6) is 0.874. The van der Waals surface area contributed by atoms with Crippen molar-refractivity contribution in [2.45, 2.75) is 6.54 Å². The lowest BCUT2D eigenvalue weighted by Gasteiger charge is -2.13. The quantitative estimate of drug-likeness (QED) is 0.685. The summed E-state index contributed by atoms with van der Waals surface area (Å²) in [5, 5.41) is 8.57. The molecule has 5 nitrogen and oxygen atoms in total. The molecule has 2 aromatic rings. The number of nitriles is 1. The molecule has 130 valence electrons. The van der Waals surface area contributed by atoms with Gasteiger partial charge in [-0.1, -0.05) is 17.7 Å². The Morgan fingerprint density at radius 2 is 2.16 bits per heavy atom. The van der Waals surface area contributed by atoms with Gasteiger partial charge >= 0.3 is 0 Å². The lowest BCUT2D eigenvalue weighted by atomic mass is 10.2. The summed E-state index contributed by atoms with van der Waals surface area (Å²) in [7, 11) is 3.26. The van der Waals surface area contributed by atoms with Crippen LogP contribution in [0.4, 0.5) is 0 Å². The molecular weight excluding hydrogens is 360 g/mol. The maximum absolute atomic E-state index is 12.2. The number of thiophene rings is 1. The second kappa shape index (κ2) is 9.11. The van der Waals surface area contributed by atoms with E-state index in [-0.39, 0.29) is 12.5 Å². The van der Waals surface area contributed by atoms with Crippen molar-refractivity contribution in [1.82, 2.24) is 4.90 Å². The van der Waals surface area contributed by atoms with E-state index in [9.17, 15) is 4.79 Å². The number of methoxy groups -OCH3 is 1. The average molecular weight is 377 g/mol. The Bertz CT molecular complexity index is 811. The molecular formula is C18H17ClN2O3S. The first-order valence-electron chi connectivity index (χ1n) is 7.38. The third-order valence-corrected chi connectivity index (χ3v) is 4.51. The molecule has 0 radical (unpaired) electrons. The van der Waals surface area contributed by atoms with Crippen molar-refractivity contribution in [2.24, 2.45) is 0 Å². The third-order valence-electron chi connectivity index (χ3n) is 3.30. The first-order valence-corrected chi connectivity index (χ1v) is 8.58. The van der Waals surface area contributed by atoms with Gasteiger partial charge in [-0.05, 0) is 35.9 Å². The summed E-state index contributed by atoms with van der Waals surface area (Å²) in [6, 6.07) is 10.9. The minimum atomic E-state index is -0.117. The number of amides is 1. The van der Waals surface area contributed by atoms with Crippen molar-refractivity contribution < 1.29 is 14.3 Å². The first-order chi connectivity index (χ1) is 12.0. The van der Waals surface area contributed by atoms with E-state index in [0.29, 0.717) is 22.4 Å². The molecule has 25 heavy (non-hydrogen) atoms. The zero-order valence-corrected chi connectivity index (χ0v) is 15.4. The molecule has 0 aliphatic heterocycles. The van der Waals surface area contributed by atoms with Crippen LogP contribution in [-0.2, 0) is 11.3 Å². The molecule has 7 heteroatoms. The highest BCUT2D eigenvalue weighted by molar-refractivity contribution is 7.16. The predicted molar refractivity (Wildman–Crippen MR) is 98.9 cm³/mol. The smallest absolute Gasteiger partial charge is 0.246 e. The van der Waals surface area contributed by atoms with Crippen LogP contribution in [0, 0.1) is 11.3 Å². The van der Waals surface area contributed by atoms with E-state index in [1.165, 1.54) is 24.5 Å². The number of hydrogen-bond acceptors (Lipinski definition) is 5. The Morgan fingerprint density at radius 1 is 1.36 bits per heavy atom. The van der Waals surface area contributed by atoms with Gasteiger partial charge in [0.15, 0.2) is 18.1 Å². The Balaban J connectivity index is 2.02. The molecule has 1 amide bonds. The van der Waals surface area contributed by atoms with Gasteiger partial charge in [-0.2, -0.15) is 5.26 Å². The molecule has 1 heterocycles. The molecule has 2 rings (SSSR count). The van der Waals surface area contributed by atoms with E-state index < -0.39 is 0 Å². The summed E-state index contributed by atoms with van der Waals surface area (Å²) in [4.78, 5) is 14.8. The molecule has 0 saturated heterocycles. The minimum absolute atomic E-state index is 0.0540. The highest BCUT2D eigenvalue weighted by atomic mass is 35.5. The molecule has 0 spiro atoms. The van der Waals surface area contributed by atoms with Crippen LogP contribution in [-0.4, -0.2) is 31.6 Å². The molecule has 0 unspecified atom stereocenters. The van der Waals surface area contributed by atoms with Gasteiger partial charge in [-0.15, -0.1) is 11.3 Å². The van der Waals surface area contributed by atoms with Crippen LogP contribution in [0.3, 0.4) is 0 Å². The number of nitrogens with zero attached hydrogens (tertiary/aromatic N) is 2. The SMILES string of the molecule is COc1cc(C=CC(=O)N(C)Cc2ccc(Cl)s2)ccc1OCC#N. The highest BCUT2D eigenvalue weighted by Crippen LogP contribution is 2.28. The number of carbonyl (C=O) groups excluding carboxylic acids is 1. The molecule has 0 N–H and O–H groups in total. The average Bonchev–Trinajstić information content (AvgIpc) is 3.02. The first kappa shape index (κ1) is 18.8. The van der Waals surface area contributed by atoms with Crippen LogP contribution in [0.5, 0.6) is 11.5 Å². The van der Waals surface area contributed by atoms with Gasteiger partial charge in [0.2, 0.25) is 5.91 Å². The fraction of sp³-hybridized carbons (Fsp3) is 0.222. The molecule has 1 aromatic heterocycles. The van der Waals surface area contributed by atoms with Crippen molar-refractivity contribution in [3.05, 3.63) is 51.2 Å². The van der Waals surface area contributed by atoms with Gasteiger partial charge in [0, 0.05) is 18.0 Å². The summed E-state index contributed by atoms with van der Waals surface area (Å²) in [5.41, 5.74) is 0.794. The molecule has 0 saturated carbocycles. The fourth-order valence-electron chi connectivity index (χ4n) is 2.06. The molecule has 0 atom stereocenters. The minimum Gasteiger partial charge on any atom is -0.493 e. The molecule has 0 fully saturated rings. The number of hydrogen-bond donors (Lipinski definition) is 0. The maximum atomic E-state index is 12.2. The Labute approximate surface area is 155 Å². The number of rotatable bonds is 7. The van der Waals surface area contributed by atoms with Crippen molar-refractivity contribution in [3.63, 3.8) is 0 Å². The summed E-state index contributed by atoms with van der Waals surface area (Å²) >= 11 is 7.35. The van der Waals surface area contributed by atoms with Crippen LogP contribution in [0.2, 0.25) is 4.34 Å². The molecule has 0 aliphatic rings. The fourth-order valence-corrected chi connectivity index (χ4v) is 3.20. The Morgan fingerprint density at radius 3 is 2.80 bits per heavy atom. The van der Waals surface area contributed by atoms with Gasteiger partial charge in [0.05, 0.1) is 18.0 Å². The monoisotopic (exact) mass is 376 g/mol. The van der Waals surface area contributed by atoms with Crippen LogP contribution in [0.1, 0.15) is 10.4 Å². The van der Waals surface area contributed by atoms with Crippen molar-refractivity contribution in [2.75, 3.05) is 20.8 Å². The zero-order valence-electron chi connectivity index (χ0n) is 13.9. The van der Waals surface area contributed by atoms with E-state index in [1.807, 2.05) is 18.2 Å². The number of ether oxygens (including phenoxy) is 2. The largest absolute Gasteiger partial charge is 0.493 e. The van der Waals surface area contributed by atoms with E-state index >= 15 is 0 Å². The van der Waals surface area contributed by atoms with Crippen LogP contribution >= 0.6 is 22.9 Å². The van der Waals surface area contributed by atoms with Crippen molar-refractivity contribution in [1.29, 1.82) is 5.26 Å². The van der Waals surface area contributed by atoms with E-state index in [4.69, 9.17) is 26.3 Å². The second-order valence-electron chi connectivity index (χ2n) is 5.09. The van der Waals surface area contributed by atoms with Crippen LogP contribution in [0.25, 0.3) is 6.08 Å². The standard InChI is InChI=1S/C18H17ClN2O3S/c1-21(12-14-5-7-17(19)25-14)18(22)8-4-13-3-6-15(24-10-9-20)16(11-13)23-2/h3-8,11H,10,12H2,1-2H3. The van der Waals surface area contributed by atoms with Gasteiger partial charge in [-0.3, -0.25) is 4.79 Å². The number of carbonyl (C=O) groups is 1. The maximum Gasteiger partial charge on any atom is 0.246 e. The van der Waals surface area contributed by atoms with Gasteiger partial charge < -0.3 is 14.4 Å². The van der Waals surface area contributed by atoms with Gasteiger partial charge in [0.1, 0.15) is 6.07 Å². The summed E-state index contributed by atoms with van der Waals surface area (Å²) < 4.78 is 11.2. The third kappa shape index (κ3) is 5.52. The van der Waals surface area contributed by atoms with E-state index in [2.05, 4.69) is 0 Å². The lowest BCUT2D eigenvalue weighted by Crippen LogP contribution is -2.23. The summed E-state index contributed by atoms with van der Waals surface area (Å²) in [6.07, 6.45) is 3.20. The van der Waals surface area contributed by atoms with Crippen LogP contribution in [0.15, 0.2) is 36.4 Å². The van der Waals surface area contributed by atoms with E-state index in [0.717, 1.165) is 10.4 Å². The number of benzene rings is 1. The number of halogens is 1. The second-order valence-corrected chi connectivity index (χ2v) is 6.89. The Hall–Kier alpha value is -2.49. The zero-order chi connectivity index (χ0) is 18.2. The highest BCUT2D eigenvalue weighted by Gasteiger charge is 2.08. The van der Waals surface area contributed by atoms with Crippen molar-refractivity contribution >= 4 is 34.9 Å². The topological polar surface area (TPSA) is 62.6 Å². The van der Waals surface area contributed by atoms with Gasteiger partial charge in [0.25, 0.3) is 0 Å². The van der Waals surface area contributed by atoms with Crippen molar-refractivity contribution in [3.8, 4) is 17.6 Å². The molecule has 1 aromatic carbocycles. The Kier molecular flexibility index (Phi) is 6.87. The lowest BCUT2D eigenvalue weighted by molar-refractivity contribution is -0.125. The number of likely N-dealkylation sites (N-methyl/N-ethyl adjacent to an activating group) is 1. The van der Waals surface area contributed by atoms with E-state index in [1.54, 1.807) is 36.2 Å². The summed E-state index contributed by atoms with van der Waals surface area (Å²) in [6.45, 7) is 0.451. The van der Waals surface area contributed by atoms with Gasteiger partial charge in [-0.25, -0.2) is 0 Å². The molecule has 0 bridgehead atoms. The molecule has 0 aliphatic carbocycles. The normalized spacial score (nSPS) is 10.5. The van der Waals surface area contributed by atoms with Crippen LogP contribution < -0.4 is 9.47 Å². The predicted octanol–water partition coefficient (Wildman–Crippen LogP) is 3.98.